The van der Waals surface area contributed by atoms with E-state index < -0.39 is 5.54 Å². The molecule has 1 saturated heterocycles. The van der Waals surface area contributed by atoms with Gasteiger partial charge in [-0.15, -0.1) is 0 Å². The summed E-state index contributed by atoms with van der Waals surface area (Å²) in [6.45, 7) is 5.96. The van der Waals surface area contributed by atoms with Crippen molar-refractivity contribution in [3.8, 4) is 0 Å². The zero-order chi connectivity index (χ0) is 12.0. The van der Waals surface area contributed by atoms with Gasteiger partial charge in [-0.3, -0.25) is 4.79 Å². The summed E-state index contributed by atoms with van der Waals surface area (Å²) in [7, 11) is 0. The van der Waals surface area contributed by atoms with Crippen LogP contribution in [0.3, 0.4) is 0 Å². The van der Waals surface area contributed by atoms with Gasteiger partial charge in [0.2, 0.25) is 5.91 Å². The number of rotatable bonds is 5. The summed E-state index contributed by atoms with van der Waals surface area (Å²) >= 11 is 0. The van der Waals surface area contributed by atoms with Gasteiger partial charge in [0.15, 0.2) is 0 Å². The summed E-state index contributed by atoms with van der Waals surface area (Å²) < 4.78 is 5.44. The van der Waals surface area contributed by atoms with Crippen molar-refractivity contribution in [1.29, 1.82) is 0 Å². The molecule has 1 aliphatic rings. The molecule has 0 radical (unpaired) electrons. The molecule has 1 amide bonds. The lowest BCUT2D eigenvalue weighted by Crippen LogP contribution is -2.50. The number of aliphatic hydroxyl groups excluding tert-OH is 1. The number of hydrogen-bond donors (Lipinski definition) is 3. The minimum atomic E-state index is -0.515. The van der Waals surface area contributed by atoms with Crippen LogP contribution in [0.15, 0.2) is 0 Å². The third-order valence-electron chi connectivity index (χ3n) is 2.99. The lowest BCUT2D eigenvalue weighted by Gasteiger charge is -2.29. The molecule has 3 N–H and O–H groups in total. The van der Waals surface area contributed by atoms with Crippen molar-refractivity contribution >= 4 is 5.91 Å². The summed E-state index contributed by atoms with van der Waals surface area (Å²) in [4.78, 5) is 11.7. The van der Waals surface area contributed by atoms with Gasteiger partial charge in [-0.25, -0.2) is 0 Å². The topological polar surface area (TPSA) is 70.6 Å². The standard InChI is InChI=1S/C11H22N2O3/c1-3-11(2,8-14)13-10(15)6-9-7-12-4-5-16-9/h9,12,14H,3-8H2,1-2H3,(H,13,15). The van der Waals surface area contributed by atoms with Crippen molar-refractivity contribution in [2.45, 2.75) is 38.3 Å². The van der Waals surface area contributed by atoms with Gasteiger partial charge >= 0.3 is 0 Å². The average Bonchev–Trinajstić information content (AvgIpc) is 2.30. The van der Waals surface area contributed by atoms with Crippen LogP contribution in [0.1, 0.15) is 26.7 Å². The Morgan fingerprint density at radius 2 is 2.44 bits per heavy atom. The van der Waals surface area contributed by atoms with E-state index >= 15 is 0 Å². The highest BCUT2D eigenvalue weighted by Gasteiger charge is 2.25. The van der Waals surface area contributed by atoms with Crippen molar-refractivity contribution in [1.82, 2.24) is 10.6 Å². The fourth-order valence-corrected chi connectivity index (χ4v) is 1.58. The number of aliphatic hydroxyl groups is 1. The molecule has 94 valence electrons. The van der Waals surface area contributed by atoms with Crippen LogP contribution in [-0.2, 0) is 9.53 Å². The molecule has 0 aromatic carbocycles. The first-order valence-electron chi connectivity index (χ1n) is 5.84. The molecule has 0 saturated carbocycles. The summed E-state index contributed by atoms with van der Waals surface area (Å²) in [6, 6.07) is 0. The highest BCUT2D eigenvalue weighted by molar-refractivity contribution is 5.77. The van der Waals surface area contributed by atoms with E-state index in [9.17, 15) is 9.90 Å². The van der Waals surface area contributed by atoms with Gasteiger partial charge in [-0.2, -0.15) is 0 Å². The van der Waals surface area contributed by atoms with Gasteiger partial charge in [0.25, 0.3) is 0 Å². The molecule has 0 aromatic heterocycles. The van der Waals surface area contributed by atoms with Gasteiger partial charge in [0, 0.05) is 13.1 Å². The van der Waals surface area contributed by atoms with Crippen molar-refractivity contribution in [2.75, 3.05) is 26.3 Å². The SMILES string of the molecule is CCC(C)(CO)NC(=O)CC1CNCCO1. The van der Waals surface area contributed by atoms with E-state index in [4.69, 9.17) is 4.74 Å². The molecule has 2 unspecified atom stereocenters. The Morgan fingerprint density at radius 1 is 1.69 bits per heavy atom. The van der Waals surface area contributed by atoms with Crippen molar-refractivity contribution in [3.63, 3.8) is 0 Å². The van der Waals surface area contributed by atoms with Gasteiger partial charge in [-0.1, -0.05) is 6.92 Å². The van der Waals surface area contributed by atoms with E-state index in [2.05, 4.69) is 10.6 Å². The quantitative estimate of drug-likeness (QED) is 0.603. The third kappa shape index (κ3) is 4.08. The van der Waals surface area contributed by atoms with E-state index in [1.165, 1.54) is 0 Å². The first kappa shape index (κ1) is 13.4. The zero-order valence-corrected chi connectivity index (χ0v) is 10.1. The highest BCUT2D eigenvalue weighted by Crippen LogP contribution is 2.09. The Kier molecular flexibility index (Phi) is 5.18. The number of hydrogen-bond acceptors (Lipinski definition) is 4. The van der Waals surface area contributed by atoms with Gasteiger partial charge in [0.05, 0.1) is 31.3 Å². The average molecular weight is 230 g/mol. The van der Waals surface area contributed by atoms with Crippen LogP contribution in [0.5, 0.6) is 0 Å². The molecule has 1 fully saturated rings. The van der Waals surface area contributed by atoms with Crippen LogP contribution in [0, 0.1) is 0 Å². The summed E-state index contributed by atoms with van der Waals surface area (Å²) in [5.41, 5.74) is -0.515. The number of carbonyl (C=O) groups is 1. The molecule has 1 rings (SSSR count). The number of nitrogens with one attached hydrogen (secondary N) is 2. The second-order valence-electron chi connectivity index (χ2n) is 4.52. The summed E-state index contributed by atoms with van der Waals surface area (Å²) in [5.74, 6) is -0.0629. The second kappa shape index (κ2) is 6.18. The van der Waals surface area contributed by atoms with Gasteiger partial charge in [0.1, 0.15) is 0 Å². The van der Waals surface area contributed by atoms with Gasteiger partial charge < -0.3 is 20.5 Å². The van der Waals surface area contributed by atoms with Crippen LogP contribution in [0.25, 0.3) is 0 Å². The highest BCUT2D eigenvalue weighted by atomic mass is 16.5. The third-order valence-corrected chi connectivity index (χ3v) is 2.99. The molecule has 0 aromatic rings. The Morgan fingerprint density at radius 3 is 2.94 bits per heavy atom. The lowest BCUT2D eigenvalue weighted by atomic mass is 10.00. The fraction of sp³-hybridized carbons (Fsp3) is 0.909. The molecule has 16 heavy (non-hydrogen) atoms. The Balaban J connectivity index is 2.34. The molecular weight excluding hydrogens is 208 g/mol. The minimum absolute atomic E-state index is 0.0426. The van der Waals surface area contributed by atoms with Crippen LogP contribution in [0.2, 0.25) is 0 Å². The predicted molar refractivity (Wildman–Crippen MR) is 61.2 cm³/mol. The maximum Gasteiger partial charge on any atom is 0.223 e. The second-order valence-corrected chi connectivity index (χ2v) is 4.52. The first-order chi connectivity index (χ1) is 7.59. The molecule has 0 spiro atoms. The smallest absolute Gasteiger partial charge is 0.223 e. The van der Waals surface area contributed by atoms with Crippen molar-refractivity contribution < 1.29 is 14.6 Å². The fourth-order valence-electron chi connectivity index (χ4n) is 1.58. The lowest BCUT2D eigenvalue weighted by molar-refractivity contribution is -0.126. The molecular formula is C11H22N2O3. The van der Waals surface area contributed by atoms with E-state index in [1.54, 1.807) is 0 Å². The Labute approximate surface area is 96.6 Å². The summed E-state index contributed by atoms with van der Waals surface area (Å²) in [5, 5.41) is 15.2. The number of amides is 1. The van der Waals surface area contributed by atoms with E-state index in [1.807, 2.05) is 13.8 Å². The van der Waals surface area contributed by atoms with Crippen molar-refractivity contribution in [2.24, 2.45) is 0 Å². The maximum atomic E-state index is 11.7. The van der Waals surface area contributed by atoms with Crippen molar-refractivity contribution in [3.05, 3.63) is 0 Å². The number of morpholine rings is 1. The molecule has 1 heterocycles. The van der Waals surface area contributed by atoms with Crippen LogP contribution in [-0.4, -0.2) is 49.0 Å². The molecule has 2 atom stereocenters. The summed E-state index contributed by atoms with van der Waals surface area (Å²) in [6.07, 6.45) is 1.01. The molecule has 5 nitrogen and oxygen atoms in total. The minimum Gasteiger partial charge on any atom is -0.394 e. The number of ether oxygens (including phenoxy) is 1. The first-order valence-corrected chi connectivity index (χ1v) is 5.84. The van der Waals surface area contributed by atoms with Crippen LogP contribution >= 0.6 is 0 Å². The zero-order valence-electron chi connectivity index (χ0n) is 10.1. The van der Waals surface area contributed by atoms with E-state index in [-0.39, 0.29) is 18.6 Å². The Bertz CT molecular complexity index is 223. The largest absolute Gasteiger partial charge is 0.394 e. The normalized spacial score (nSPS) is 24.8. The predicted octanol–water partition coefficient (Wildman–Crippen LogP) is -0.358. The molecule has 1 aliphatic heterocycles. The number of carbonyl (C=O) groups excluding carboxylic acids is 1. The van der Waals surface area contributed by atoms with E-state index in [0.717, 1.165) is 13.1 Å². The monoisotopic (exact) mass is 230 g/mol. The van der Waals surface area contributed by atoms with Gasteiger partial charge in [-0.05, 0) is 13.3 Å². The van der Waals surface area contributed by atoms with Crippen LogP contribution in [0.4, 0.5) is 0 Å². The van der Waals surface area contributed by atoms with Crippen LogP contribution < -0.4 is 10.6 Å². The molecule has 0 bridgehead atoms. The Hall–Kier alpha value is -0.650. The molecule has 0 aliphatic carbocycles. The van der Waals surface area contributed by atoms with E-state index in [0.29, 0.717) is 19.4 Å². The maximum absolute atomic E-state index is 11.7. The molecule has 5 heteroatoms.